The van der Waals surface area contributed by atoms with Gasteiger partial charge in [0.1, 0.15) is 0 Å². The van der Waals surface area contributed by atoms with Crippen LogP contribution >= 0.6 is 27.7 Å². The molecule has 0 saturated carbocycles. The lowest BCUT2D eigenvalue weighted by atomic mass is 10.3. The van der Waals surface area contributed by atoms with Crippen molar-refractivity contribution < 1.29 is 13.2 Å². The summed E-state index contributed by atoms with van der Waals surface area (Å²) in [5.41, 5.74) is 0.602. The number of amidine groups is 1. The highest BCUT2D eigenvalue weighted by Gasteiger charge is 2.44. The fraction of sp³-hybridized carbons (Fsp3) is 0.176. The molecule has 0 aliphatic carbocycles. The molecule has 1 amide bonds. The lowest BCUT2D eigenvalue weighted by Gasteiger charge is -2.16. The molecule has 0 aromatic heterocycles. The molecule has 0 spiro atoms. The number of para-hydroxylation sites is 1. The van der Waals surface area contributed by atoms with Crippen molar-refractivity contribution in [3.05, 3.63) is 59.1 Å². The third kappa shape index (κ3) is 3.65. The number of carbonyl (C=O) groups excluding carboxylic acids is 1. The molecule has 1 unspecified atom stereocenters. The maximum atomic E-state index is 13.0. The highest BCUT2D eigenvalue weighted by atomic mass is 79.9. The number of aliphatic imine (C=N–C) groups is 1. The van der Waals surface area contributed by atoms with E-state index in [-0.39, 0.29) is 10.1 Å². The lowest BCUT2D eigenvalue weighted by Crippen LogP contribution is -2.37. The van der Waals surface area contributed by atoms with Gasteiger partial charge in [-0.25, -0.2) is 13.4 Å². The number of sulfonamides is 1. The zero-order valence-corrected chi connectivity index (χ0v) is 16.5. The van der Waals surface area contributed by atoms with Crippen LogP contribution in [-0.2, 0) is 14.8 Å². The first-order valence-electron chi connectivity index (χ1n) is 7.58. The highest BCUT2D eigenvalue weighted by Crippen LogP contribution is 2.35. The van der Waals surface area contributed by atoms with Crippen molar-refractivity contribution in [1.29, 1.82) is 0 Å². The summed E-state index contributed by atoms with van der Waals surface area (Å²) in [7, 11) is -4.01. The molecule has 8 heteroatoms. The Balaban J connectivity index is 2.07. The van der Waals surface area contributed by atoms with Crippen LogP contribution < -0.4 is 0 Å². The van der Waals surface area contributed by atoms with Crippen LogP contribution in [0.15, 0.2) is 69.0 Å². The van der Waals surface area contributed by atoms with E-state index in [2.05, 4.69) is 20.9 Å². The van der Waals surface area contributed by atoms with E-state index in [1.165, 1.54) is 23.9 Å². The average molecular weight is 439 g/mol. The van der Waals surface area contributed by atoms with Gasteiger partial charge >= 0.3 is 0 Å². The molecule has 5 nitrogen and oxygen atoms in total. The van der Waals surface area contributed by atoms with Gasteiger partial charge < -0.3 is 0 Å². The zero-order chi connectivity index (χ0) is 18.0. The second kappa shape index (κ2) is 7.31. The molecule has 0 bridgehead atoms. The number of halogens is 1. The van der Waals surface area contributed by atoms with Gasteiger partial charge in [-0.3, -0.25) is 4.79 Å². The van der Waals surface area contributed by atoms with Gasteiger partial charge in [0.15, 0.2) is 5.17 Å². The first-order valence-corrected chi connectivity index (χ1v) is 10.7. The first kappa shape index (κ1) is 18.2. The number of thioether (sulfide) groups is 1. The summed E-state index contributed by atoms with van der Waals surface area (Å²) in [5, 5.41) is -0.265. The second-order valence-corrected chi connectivity index (χ2v) is 9.18. The van der Waals surface area contributed by atoms with Gasteiger partial charge in [0.25, 0.3) is 15.9 Å². The van der Waals surface area contributed by atoms with Crippen molar-refractivity contribution in [2.24, 2.45) is 4.99 Å². The molecule has 25 heavy (non-hydrogen) atoms. The van der Waals surface area contributed by atoms with Gasteiger partial charge in [-0.2, -0.15) is 4.31 Å². The maximum absolute atomic E-state index is 13.0. The Bertz CT molecular complexity index is 913. The number of carbonyl (C=O) groups is 1. The predicted molar refractivity (Wildman–Crippen MR) is 103 cm³/mol. The Morgan fingerprint density at radius 2 is 1.76 bits per heavy atom. The summed E-state index contributed by atoms with van der Waals surface area (Å²) in [6.45, 7) is 1.85. The van der Waals surface area contributed by atoms with Crippen molar-refractivity contribution in [2.45, 2.75) is 23.5 Å². The number of rotatable bonds is 4. The Kier molecular flexibility index (Phi) is 5.31. The number of nitrogens with zero attached hydrogens (tertiary/aromatic N) is 2. The van der Waals surface area contributed by atoms with Crippen molar-refractivity contribution >= 4 is 54.5 Å². The Morgan fingerprint density at radius 1 is 1.12 bits per heavy atom. The fourth-order valence-corrected chi connectivity index (χ4v) is 5.35. The predicted octanol–water partition coefficient (Wildman–Crippen LogP) is 4.18. The smallest absolute Gasteiger partial charge is 0.272 e. The minimum absolute atomic E-state index is 0.0576. The molecular weight excluding hydrogens is 424 g/mol. The van der Waals surface area contributed by atoms with Crippen LogP contribution in [0.25, 0.3) is 0 Å². The minimum Gasteiger partial charge on any atom is -0.272 e. The molecule has 1 saturated heterocycles. The van der Waals surface area contributed by atoms with Crippen molar-refractivity contribution in [2.75, 3.05) is 0 Å². The topological polar surface area (TPSA) is 66.8 Å². The summed E-state index contributed by atoms with van der Waals surface area (Å²) in [6.07, 6.45) is 0.531. The maximum Gasteiger partial charge on any atom is 0.272 e. The van der Waals surface area contributed by atoms with E-state index >= 15 is 0 Å². The molecule has 3 rings (SSSR count). The van der Waals surface area contributed by atoms with Crippen molar-refractivity contribution in [3.8, 4) is 0 Å². The third-order valence-corrected chi connectivity index (χ3v) is 7.25. The van der Waals surface area contributed by atoms with Crippen molar-refractivity contribution in [3.63, 3.8) is 0 Å². The van der Waals surface area contributed by atoms with Crippen LogP contribution in [0.5, 0.6) is 0 Å². The molecule has 1 atom stereocenters. The van der Waals surface area contributed by atoms with Crippen molar-refractivity contribution in [1.82, 2.24) is 4.31 Å². The van der Waals surface area contributed by atoms with Crippen LogP contribution in [0.3, 0.4) is 0 Å². The quantitative estimate of drug-likeness (QED) is 0.717. The van der Waals surface area contributed by atoms with Crippen LogP contribution in [-0.4, -0.2) is 29.0 Å². The lowest BCUT2D eigenvalue weighted by molar-refractivity contribution is -0.122. The van der Waals surface area contributed by atoms with Crippen LogP contribution in [0.1, 0.15) is 13.3 Å². The monoisotopic (exact) mass is 438 g/mol. The molecular formula is C17H15BrN2O3S2. The summed E-state index contributed by atoms with van der Waals surface area (Å²) in [5.74, 6) is -0.454. The van der Waals surface area contributed by atoms with Crippen LogP contribution in [0, 0.1) is 0 Å². The minimum atomic E-state index is -4.01. The molecule has 130 valence electrons. The normalized spacial score (nSPS) is 19.6. The molecule has 2 aromatic carbocycles. The van der Waals surface area contributed by atoms with E-state index < -0.39 is 21.2 Å². The van der Waals surface area contributed by atoms with E-state index in [1.807, 2.05) is 25.1 Å². The molecule has 1 aliphatic heterocycles. The van der Waals surface area contributed by atoms with E-state index in [9.17, 15) is 13.2 Å². The van der Waals surface area contributed by atoms with Gasteiger partial charge in [-0.15, -0.1) is 0 Å². The Labute approximate surface area is 159 Å². The van der Waals surface area contributed by atoms with Gasteiger partial charge in [0.2, 0.25) is 0 Å². The van der Waals surface area contributed by atoms with E-state index in [4.69, 9.17) is 0 Å². The molecule has 1 aliphatic rings. The average Bonchev–Trinajstić information content (AvgIpc) is 2.92. The summed E-state index contributed by atoms with van der Waals surface area (Å²) >= 11 is 4.47. The molecule has 2 aromatic rings. The first-order chi connectivity index (χ1) is 11.9. The summed E-state index contributed by atoms with van der Waals surface area (Å²) in [6, 6.07) is 15.2. The number of hydrogen-bond donors (Lipinski definition) is 0. The van der Waals surface area contributed by atoms with E-state index in [0.29, 0.717) is 12.1 Å². The largest absolute Gasteiger partial charge is 0.272 e. The molecule has 1 heterocycles. The third-order valence-electron chi connectivity index (χ3n) is 3.60. The molecule has 0 N–H and O–H groups in total. The van der Waals surface area contributed by atoms with Gasteiger partial charge in [-0.1, -0.05) is 52.8 Å². The summed E-state index contributed by atoms with van der Waals surface area (Å²) < 4.78 is 27.6. The second-order valence-electron chi connectivity index (χ2n) is 5.31. The Morgan fingerprint density at radius 3 is 2.36 bits per heavy atom. The molecule has 1 fully saturated rings. The standard InChI is InChI=1S/C17H15BrN2O3S2/c1-2-15-16(21)20(17(24-15)19-13-6-4-3-5-7-13)25(22,23)14-10-8-12(18)9-11-14/h3-11,15H,2H2,1H3. The fourth-order valence-electron chi connectivity index (χ4n) is 2.33. The van der Waals surface area contributed by atoms with Gasteiger partial charge in [-0.05, 0) is 42.8 Å². The SMILES string of the molecule is CCC1SC(=Nc2ccccc2)N(S(=O)(=O)c2ccc(Br)cc2)C1=O. The summed E-state index contributed by atoms with van der Waals surface area (Å²) in [4.78, 5) is 17.1. The highest BCUT2D eigenvalue weighted by molar-refractivity contribution is 9.10. The number of amides is 1. The van der Waals surface area contributed by atoms with Gasteiger partial charge in [0.05, 0.1) is 15.8 Å². The van der Waals surface area contributed by atoms with Gasteiger partial charge in [0, 0.05) is 4.47 Å². The van der Waals surface area contributed by atoms with E-state index in [0.717, 1.165) is 8.78 Å². The van der Waals surface area contributed by atoms with E-state index in [1.54, 1.807) is 24.3 Å². The number of hydrogen-bond acceptors (Lipinski definition) is 5. The number of benzene rings is 2. The van der Waals surface area contributed by atoms with Crippen LogP contribution in [0.4, 0.5) is 5.69 Å². The zero-order valence-electron chi connectivity index (χ0n) is 13.3. The van der Waals surface area contributed by atoms with Crippen LogP contribution in [0.2, 0.25) is 0 Å². The Hall–Kier alpha value is -1.64. The molecule has 0 radical (unpaired) electrons.